The minimum absolute atomic E-state index is 0.174. The number of anilines is 1. The summed E-state index contributed by atoms with van der Waals surface area (Å²) >= 11 is 14.0. The Morgan fingerprint density at radius 2 is 2.16 bits per heavy atom. The number of halogens is 2. The molecule has 0 bridgehead atoms. The number of hydrogen-bond donors (Lipinski definition) is 3. The van der Waals surface area contributed by atoms with Crippen molar-refractivity contribution in [3.05, 3.63) is 73.8 Å². The van der Waals surface area contributed by atoms with E-state index in [9.17, 15) is 9.90 Å². The van der Waals surface area contributed by atoms with Crippen LogP contribution in [0.2, 0.25) is 9.36 Å². The van der Waals surface area contributed by atoms with Crippen LogP contribution in [0.5, 0.6) is 0 Å². The number of nitrogens with one attached hydrogen (secondary N) is 2. The Balaban J connectivity index is 1.60. The molecule has 0 aliphatic heterocycles. The largest absolute Gasteiger partial charge is 0.396 e. The topological polar surface area (TPSA) is 87.1 Å². The van der Waals surface area contributed by atoms with Crippen molar-refractivity contribution in [2.24, 2.45) is 5.92 Å². The van der Waals surface area contributed by atoms with Crippen LogP contribution in [0.1, 0.15) is 51.7 Å². The van der Waals surface area contributed by atoms with E-state index in [-0.39, 0.29) is 30.4 Å². The molecule has 9 heteroatoms. The lowest BCUT2D eigenvalue weighted by Crippen LogP contribution is -2.20. The number of aliphatic hydroxyl groups excluding tert-OH is 1. The average Bonchev–Trinajstić information content (AvgIpc) is 3.41. The van der Waals surface area contributed by atoms with Gasteiger partial charge in [0.2, 0.25) is 5.78 Å². The molecule has 6 nitrogen and oxygen atoms in total. The van der Waals surface area contributed by atoms with Crippen LogP contribution in [0.3, 0.4) is 0 Å². The molecule has 1 aliphatic rings. The SMILES string of the molecule is CNC(c1cccc(Cl)c1)c1cc(C(=O)c2cncnc2N[C@H]2CC[C@@H](CO)C2)sc1Cl. The lowest BCUT2D eigenvalue weighted by atomic mass is 10.0. The second kappa shape index (κ2) is 10.3. The van der Waals surface area contributed by atoms with Gasteiger partial charge in [0.05, 0.1) is 20.8 Å². The maximum atomic E-state index is 13.4. The maximum Gasteiger partial charge on any atom is 0.208 e. The highest BCUT2D eigenvalue weighted by atomic mass is 35.5. The molecule has 2 heterocycles. The van der Waals surface area contributed by atoms with Gasteiger partial charge in [0, 0.05) is 29.4 Å². The molecule has 0 radical (unpaired) electrons. The molecular formula is C23H24Cl2N4O2S. The first-order valence-corrected chi connectivity index (χ1v) is 12.0. The van der Waals surface area contributed by atoms with Gasteiger partial charge in [-0.3, -0.25) is 4.79 Å². The van der Waals surface area contributed by atoms with Gasteiger partial charge in [-0.15, -0.1) is 11.3 Å². The van der Waals surface area contributed by atoms with Gasteiger partial charge in [-0.1, -0.05) is 35.3 Å². The predicted octanol–water partition coefficient (Wildman–Crippen LogP) is 4.96. The molecule has 4 rings (SSSR count). The molecule has 3 atom stereocenters. The first-order chi connectivity index (χ1) is 15.5. The summed E-state index contributed by atoms with van der Waals surface area (Å²) in [6.07, 6.45) is 5.71. The minimum atomic E-state index is -0.197. The van der Waals surface area contributed by atoms with Crippen molar-refractivity contribution in [3.63, 3.8) is 0 Å². The lowest BCUT2D eigenvalue weighted by molar-refractivity contribution is 0.104. The Labute approximate surface area is 201 Å². The van der Waals surface area contributed by atoms with E-state index in [4.69, 9.17) is 23.2 Å². The van der Waals surface area contributed by atoms with Crippen molar-refractivity contribution < 1.29 is 9.90 Å². The number of rotatable bonds is 8. The summed E-state index contributed by atoms with van der Waals surface area (Å²) < 4.78 is 0.542. The molecule has 168 valence electrons. The highest BCUT2D eigenvalue weighted by molar-refractivity contribution is 7.18. The van der Waals surface area contributed by atoms with Gasteiger partial charge in [0.25, 0.3) is 0 Å². The maximum absolute atomic E-state index is 13.4. The number of carbonyl (C=O) groups is 1. The molecule has 3 N–H and O–H groups in total. The van der Waals surface area contributed by atoms with Crippen LogP contribution >= 0.6 is 34.5 Å². The fourth-order valence-electron chi connectivity index (χ4n) is 4.19. The summed E-state index contributed by atoms with van der Waals surface area (Å²) in [7, 11) is 1.84. The second-order valence-electron chi connectivity index (χ2n) is 7.93. The number of aromatic nitrogens is 2. The molecule has 1 unspecified atom stereocenters. The van der Waals surface area contributed by atoms with E-state index in [2.05, 4.69) is 20.6 Å². The molecule has 0 spiro atoms. The van der Waals surface area contributed by atoms with E-state index in [1.807, 2.05) is 37.4 Å². The Kier molecular flexibility index (Phi) is 7.43. The average molecular weight is 491 g/mol. The second-order valence-corrected chi connectivity index (χ2v) is 10.0. The van der Waals surface area contributed by atoms with Crippen LogP contribution in [0, 0.1) is 5.92 Å². The Bertz CT molecular complexity index is 1110. The van der Waals surface area contributed by atoms with E-state index >= 15 is 0 Å². The number of aliphatic hydroxyl groups is 1. The fourth-order valence-corrected chi connectivity index (χ4v) is 5.68. The van der Waals surface area contributed by atoms with Crippen LogP contribution in [0.15, 0.2) is 42.9 Å². The van der Waals surface area contributed by atoms with E-state index in [1.165, 1.54) is 23.9 Å². The molecule has 3 aromatic rings. The molecule has 1 aromatic carbocycles. The quantitative estimate of drug-likeness (QED) is 0.387. The third-order valence-electron chi connectivity index (χ3n) is 5.82. The summed E-state index contributed by atoms with van der Waals surface area (Å²) in [6, 6.07) is 9.36. The van der Waals surface area contributed by atoms with E-state index in [1.54, 1.807) is 0 Å². The van der Waals surface area contributed by atoms with Crippen LogP contribution in [-0.4, -0.2) is 40.6 Å². The Morgan fingerprint density at radius 3 is 2.88 bits per heavy atom. The number of nitrogens with zero attached hydrogens (tertiary/aromatic N) is 2. The number of benzene rings is 1. The minimum Gasteiger partial charge on any atom is -0.396 e. The van der Waals surface area contributed by atoms with Crippen molar-refractivity contribution in [2.75, 3.05) is 19.0 Å². The van der Waals surface area contributed by atoms with Crippen LogP contribution in [0.4, 0.5) is 5.82 Å². The molecule has 0 saturated heterocycles. The Morgan fingerprint density at radius 1 is 1.31 bits per heavy atom. The zero-order chi connectivity index (χ0) is 22.7. The Hall–Kier alpha value is -2.03. The summed E-state index contributed by atoms with van der Waals surface area (Å²) in [5, 5.41) is 16.7. The molecule has 0 amide bonds. The summed E-state index contributed by atoms with van der Waals surface area (Å²) in [5.41, 5.74) is 2.19. The van der Waals surface area contributed by atoms with Crippen molar-refractivity contribution in [1.82, 2.24) is 15.3 Å². The van der Waals surface area contributed by atoms with E-state index in [0.717, 1.165) is 30.4 Å². The van der Waals surface area contributed by atoms with Gasteiger partial charge in [-0.2, -0.15) is 0 Å². The van der Waals surface area contributed by atoms with Crippen molar-refractivity contribution in [2.45, 2.75) is 31.3 Å². The van der Waals surface area contributed by atoms with Gasteiger partial charge >= 0.3 is 0 Å². The van der Waals surface area contributed by atoms with E-state index < -0.39 is 0 Å². The zero-order valence-corrected chi connectivity index (χ0v) is 19.8. The van der Waals surface area contributed by atoms with Gasteiger partial charge in [-0.05, 0) is 56.0 Å². The van der Waals surface area contributed by atoms with Crippen LogP contribution < -0.4 is 10.6 Å². The van der Waals surface area contributed by atoms with Gasteiger partial charge in [0.15, 0.2) is 0 Å². The summed E-state index contributed by atoms with van der Waals surface area (Å²) in [5.74, 6) is 0.626. The number of thiophene rings is 1. The fraction of sp³-hybridized carbons (Fsp3) is 0.348. The number of ketones is 1. The predicted molar refractivity (Wildman–Crippen MR) is 129 cm³/mol. The highest BCUT2D eigenvalue weighted by Crippen LogP contribution is 2.37. The lowest BCUT2D eigenvalue weighted by Gasteiger charge is -2.16. The van der Waals surface area contributed by atoms with Crippen LogP contribution in [0.25, 0.3) is 0 Å². The number of carbonyl (C=O) groups excluding carboxylic acids is 1. The first-order valence-electron chi connectivity index (χ1n) is 10.4. The first kappa shape index (κ1) is 23.1. The van der Waals surface area contributed by atoms with Crippen molar-refractivity contribution in [1.29, 1.82) is 0 Å². The van der Waals surface area contributed by atoms with Gasteiger partial charge in [0.1, 0.15) is 12.1 Å². The van der Waals surface area contributed by atoms with Crippen molar-refractivity contribution >= 4 is 46.1 Å². The van der Waals surface area contributed by atoms with Gasteiger partial charge in [-0.25, -0.2) is 9.97 Å². The molecule has 1 fully saturated rings. The monoisotopic (exact) mass is 490 g/mol. The van der Waals surface area contributed by atoms with Gasteiger partial charge < -0.3 is 15.7 Å². The molecule has 2 aromatic heterocycles. The highest BCUT2D eigenvalue weighted by Gasteiger charge is 2.27. The van der Waals surface area contributed by atoms with Crippen LogP contribution in [-0.2, 0) is 0 Å². The molecule has 1 aliphatic carbocycles. The summed E-state index contributed by atoms with van der Waals surface area (Å²) in [4.78, 5) is 22.3. The molecular weight excluding hydrogens is 467 g/mol. The molecule has 32 heavy (non-hydrogen) atoms. The smallest absolute Gasteiger partial charge is 0.208 e. The normalized spacial score (nSPS) is 19.1. The third kappa shape index (κ3) is 4.97. The third-order valence-corrected chi connectivity index (χ3v) is 7.44. The van der Waals surface area contributed by atoms with E-state index in [0.29, 0.717) is 25.6 Å². The zero-order valence-electron chi connectivity index (χ0n) is 17.5. The molecule has 1 saturated carbocycles. The number of hydrogen-bond acceptors (Lipinski definition) is 7. The standard InChI is InChI=1S/C23H24Cl2N4O2S/c1-26-20(14-3-2-4-15(24)8-14)17-9-19(32-22(17)25)21(31)18-10-27-12-28-23(18)29-16-6-5-13(7-16)11-30/h2-4,8-10,12-13,16,20,26,30H,5-7,11H2,1H3,(H,27,28,29)/t13-,16+,20?/m1/s1. The summed E-state index contributed by atoms with van der Waals surface area (Å²) in [6.45, 7) is 0.184. The van der Waals surface area contributed by atoms with Crippen molar-refractivity contribution in [3.8, 4) is 0 Å².